The molecule has 0 unspecified atom stereocenters. The smallest absolute Gasteiger partial charge is 0.255 e. The fourth-order valence-electron chi connectivity index (χ4n) is 1.69. The predicted molar refractivity (Wildman–Crippen MR) is 61.8 cm³/mol. The van der Waals surface area contributed by atoms with Gasteiger partial charge >= 0.3 is 0 Å². The van der Waals surface area contributed by atoms with E-state index in [0.717, 1.165) is 6.07 Å². The van der Waals surface area contributed by atoms with E-state index in [2.05, 4.69) is 0 Å². The number of hydrogen-bond donors (Lipinski definition) is 0. The zero-order chi connectivity index (χ0) is 15.9. The largest absolute Gasteiger partial charge is 0.275 e. The molecule has 0 saturated heterocycles. The van der Waals surface area contributed by atoms with Crippen LogP contribution in [0.2, 0.25) is 0 Å². The summed E-state index contributed by atoms with van der Waals surface area (Å²) in [6.45, 7) is 0. The van der Waals surface area contributed by atoms with E-state index in [4.69, 9.17) is 11.6 Å². The molecule has 1 nitrogen and oxygen atoms in total. The molecule has 0 saturated carbocycles. The predicted octanol–water partition coefficient (Wildman–Crippen LogP) is 4.57. The molecular weight excluding hydrogens is 322 g/mol. The average Bonchev–Trinajstić information content (AvgIpc) is 2.44. The lowest BCUT2D eigenvalue weighted by Gasteiger charge is -2.09. The van der Waals surface area contributed by atoms with Gasteiger partial charge in [0.05, 0.1) is 11.1 Å². The molecule has 0 bridgehead atoms. The van der Waals surface area contributed by atoms with Crippen LogP contribution in [0.25, 0.3) is 11.1 Å². The third kappa shape index (κ3) is 2.49. The molecule has 0 heterocycles. The standard InChI is InChI=1S/C13H3ClF6O/c14-13(21)5-3-4(1-2-6(5)15)7-8(16)10(18)12(20)11(19)9(7)17/h1-3H. The lowest BCUT2D eigenvalue weighted by atomic mass is 10.0. The summed E-state index contributed by atoms with van der Waals surface area (Å²) in [7, 11) is 0. The van der Waals surface area contributed by atoms with Crippen LogP contribution in [0.5, 0.6) is 0 Å². The Kier molecular flexibility index (Phi) is 3.95. The van der Waals surface area contributed by atoms with Gasteiger partial charge in [0.15, 0.2) is 23.3 Å². The SMILES string of the molecule is O=C(Cl)c1cc(-c2c(F)c(F)c(F)c(F)c2F)ccc1F. The molecule has 2 aromatic carbocycles. The van der Waals surface area contributed by atoms with Gasteiger partial charge in [0.25, 0.3) is 5.24 Å². The molecule has 8 heteroatoms. The molecule has 2 aromatic rings. The number of halogens is 7. The monoisotopic (exact) mass is 324 g/mol. The minimum absolute atomic E-state index is 0.576. The van der Waals surface area contributed by atoms with Crippen molar-refractivity contribution in [2.24, 2.45) is 0 Å². The van der Waals surface area contributed by atoms with Gasteiger partial charge in [0.2, 0.25) is 5.82 Å². The quantitative estimate of drug-likeness (QED) is 0.342. The first kappa shape index (κ1) is 15.4. The second kappa shape index (κ2) is 5.40. The summed E-state index contributed by atoms with van der Waals surface area (Å²) >= 11 is 5.06. The summed E-state index contributed by atoms with van der Waals surface area (Å²) in [6, 6.07) is 1.99. The molecule has 0 radical (unpaired) electrons. The van der Waals surface area contributed by atoms with Crippen LogP contribution >= 0.6 is 11.6 Å². The normalized spacial score (nSPS) is 10.8. The Morgan fingerprint density at radius 1 is 0.810 bits per heavy atom. The first-order valence-corrected chi connectivity index (χ1v) is 5.64. The van der Waals surface area contributed by atoms with E-state index in [1.807, 2.05) is 0 Å². The van der Waals surface area contributed by atoms with Gasteiger partial charge < -0.3 is 0 Å². The van der Waals surface area contributed by atoms with E-state index in [0.29, 0.717) is 12.1 Å². The Labute approximate surface area is 118 Å². The topological polar surface area (TPSA) is 17.1 Å². The van der Waals surface area contributed by atoms with Crippen LogP contribution in [0.1, 0.15) is 10.4 Å². The van der Waals surface area contributed by atoms with Crippen molar-refractivity contribution >= 4 is 16.8 Å². The molecular formula is C13H3ClF6O. The number of benzene rings is 2. The van der Waals surface area contributed by atoms with Crippen LogP contribution in [0.15, 0.2) is 18.2 Å². The van der Waals surface area contributed by atoms with Crippen LogP contribution in [0, 0.1) is 34.9 Å². The summed E-state index contributed by atoms with van der Waals surface area (Å²) in [5.74, 6) is -11.9. The van der Waals surface area contributed by atoms with Crippen molar-refractivity contribution in [1.82, 2.24) is 0 Å². The highest BCUT2D eigenvalue weighted by atomic mass is 35.5. The van der Waals surface area contributed by atoms with E-state index < -0.39 is 56.8 Å². The Bertz CT molecular complexity index is 730. The van der Waals surface area contributed by atoms with Crippen molar-refractivity contribution < 1.29 is 31.1 Å². The van der Waals surface area contributed by atoms with Crippen LogP contribution in [0.4, 0.5) is 26.3 Å². The molecule has 0 aliphatic rings. The van der Waals surface area contributed by atoms with Crippen molar-refractivity contribution in [3.8, 4) is 11.1 Å². The number of carbonyl (C=O) groups is 1. The number of hydrogen-bond acceptors (Lipinski definition) is 1. The Balaban J connectivity index is 2.80. The van der Waals surface area contributed by atoms with Gasteiger partial charge in [0.1, 0.15) is 5.82 Å². The Morgan fingerprint density at radius 2 is 1.29 bits per heavy atom. The highest BCUT2D eigenvalue weighted by Gasteiger charge is 2.27. The highest BCUT2D eigenvalue weighted by Crippen LogP contribution is 2.32. The number of rotatable bonds is 2. The molecule has 0 atom stereocenters. The molecule has 0 N–H and O–H groups in total. The van der Waals surface area contributed by atoms with Crippen molar-refractivity contribution in [2.75, 3.05) is 0 Å². The molecule has 0 aromatic heterocycles. The molecule has 0 amide bonds. The van der Waals surface area contributed by atoms with Gasteiger partial charge in [-0.15, -0.1) is 0 Å². The second-order valence-electron chi connectivity index (χ2n) is 3.91. The van der Waals surface area contributed by atoms with E-state index >= 15 is 0 Å². The molecule has 0 aliphatic heterocycles. The van der Waals surface area contributed by atoms with E-state index in [9.17, 15) is 31.1 Å². The van der Waals surface area contributed by atoms with Gasteiger partial charge in [-0.3, -0.25) is 4.79 Å². The summed E-state index contributed by atoms with van der Waals surface area (Å²) in [6.07, 6.45) is 0. The zero-order valence-corrected chi connectivity index (χ0v) is 10.5. The first-order chi connectivity index (χ1) is 9.75. The summed E-state index contributed by atoms with van der Waals surface area (Å²) in [4.78, 5) is 10.9. The van der Waals surface area contributed by atoms with Gasteiger partial charge in [-0.25, -0.2) is 26.3 Å². The van der Waals surface area contributed by atoms with E-state index in [1.54, 1.807) is 0 Å². The van der Waals surface area contributed by atoms with Crippen LogP contribution in [-0.4, -0.2) is 5.24 Å². The molecule has 110 valence electrons. The van der Waals surface area contributed by atoms with Crippen molar-refractivity contribution in [3.05, 3.63) is 58.7 Å². The van der Waals surface area contributed by atoms with Gasteiger partial charge in [0, 0.05) is 0 Å². The maximum Gasteiger partial charge on any atom is 0.255 e. The van der Waals surface area contributed by atoms with Crippen molar-refractivity contribution in [2.45, 2.75) is 0 Å². The summed E-state index contributed by atoms with van der Waals surface area (Å²) in [5.41, 5.74) is -2.60. The molecule has 2 rings (SSSR count). The van der Waals surface area contributed by atoms with Crippen LogP contribution < -0.4 is 0 Å². The van der Waals surface area contributed by atoms with Gasteiger partial charge in [-0.05, 0) is 29.3 Å². The molecule has 0 fully saturated rings. The summed E-state index contributed by atoms with van der Waals surface area (Å²) < 4.78 is 79.6. The minimum atomic E-state index is -2.32. The number of carbonyl (C=O) groups excluding carboxylic acids is 1. The maximum atomic E-state index is 13.6. The first-order valence-electron chi connectivity index (χ1n) is 5.27. The van der Waals surface area contributed by atoms with E-state index in [1.165, 1.54) is 0 Å². The molecule has 0 aliphatic carbocycles. The van der Waals surface area contributed by atoms with Crippen LogP contribution in [0.3, 0.4) is 0 Å². The second-order valence-corrected chi connectivity index (χ2v) is 4.26. The molecule has 0 spiro atoms. The third-order valence-electron chi connectivity index (χ3n) is 2.68. The summed E-state index contributed by atoms with van der Waals surface area (Å²) in [5, 5.41) is -1.28. The molecule has 21 heavy (non-hydrogen) atoms. The third-order valence-corrected chi connectivity index (χ3v) is 2.88. The fourth-order valence-corrected chi connectivity index (χ4v) is 1.83. The zero-order valence-electron chi connectivity index (χ0n) is 9.79. The van der Waals surface area contributed by atoms with Crippen molar-refractivity contribution in [1.29, 1.82) is 0 Å². The fraction of sp³-hybridized carbons (Fsp3) is 0. The lowest BCUT2D eigenvalue weighted by Crippen LogP contribution is -2.05. The average molecular weight is 325 g/mol. The maximum absolute atomic E-state index is 13.6. The van der Waals surface area contributed by atoms with Gasteiger partial charge in [-0.1, -0.05) is 6.07 Å². The van der Waals surface area contributed by atoms with Crippen molar-refractivity contribution in [3.63, 3.8) is 0 Å². The van der Waals surface area contributed by atoms with Crippen LogP contribution in [-0.2, 0) is 0 Å². The van der Waals surface area contributed by atoms with E-state index in [-0.39, 0.29) is 0 Å². The Hall–Kier alpha value is -2.02. The Morgan fingerprint density at radius 3 is 1.76 bits per heavy atom. The highest BCUT2D eigenvalue weighted by molar-refractivity contribution is 6.67. The van der Waals surface area contributed by atoms with Gasteiger partial charge in [-0.2, -0.15) is 0 Å². The lowest BCUT2D eigenvalue weighted by molar-refractivity contribution is 0.107. The minimum Gasteiger partial charge on any atom is -0.275 e.